The first-order valence-corrected chi connectivity index (χ1v) is 9.49. The Morgan fingerprint density at radius 3 is 2.17 bits per heavy atom. The second-order valence-corrected chi connectivity index (χ2v) is 6.90. The van der Waals surface area contributed by atoms with Gasteiger partial charge in [0.25, 0.3) is 0 Å². The summed E-state index contributed by atoms with van der Waals surface area (Å²) in [6.45, 7) is 4.95. The number of aliphatic hydroxyl groups is 1. The van der Waals surface area contributed by atoms with E-state index in [0.717, 1.165) is 0 Å². The predicted molar refractivity (Wildman–Crippen MR) is 112 cm³/mol. The van der Waals surface area contributed by atoms with Gasteiger partial charge in [0.1, 0.15) is 17.3 Å². The van der Waals surface area contributed by atoms with Crippen molar-refractivity contribution in [1.82, 2.24) is 0 Å². The molecule has 0 unspecified atom stereocenters. The molecule has 158 valence electrons. The SMILES string of the molecule is C=C[C@H](C(=O)C[C@@H](CC(=O)O)C(=O)Nc1ccc(Oc2ccccc2)cc1)[C@@H](C)O. The Morgan fingerprint density at radius 2 is 1.63 bits per heavy atom. The molecule has 0 saturated carbocycles. The van der Waals surface area contributed by atoms with Crippen LogP contribution in [0.4, 0.5) is 5.69 Å². The molecule has 0 heterocycles. The third-order valence-corrected chi connectivity index (χ3v) is 4.49. The minimum atomic E-state index is -1.19. The minimum absolute atomic E-state index is 0.311. The normalized spacial score (nSPS) is 13.5. The number of benzene rings is 2. The highest BCUT2D eigenvalue weighted by Crippen LogP contribution is 2.24. The van der Waals surface area contributed by atoms with Gasteiger partial charge in [-0.3, -0.25) is 14.4 Å². The maximum absolute atomic E-state index is 12.6. The lowest BCUT2D eigenvalue weighted by Gasteiger charge is -2.19. The van der Waals surface area contributed by atoms with Crippen molar-refractivity contribution in [2.24, 2.45) is 11.8 Å². The zero-order valence-corrected chi connectivity index (χ0v) is 16.7. The van der Waals surface area contributed by atoms with Crippen molar-refractivity contribution in [3.8, 4) is 11.5 Å². The summed E-state index contributed by atoms with van der Waals surface area (Å²) in [7, 11) is 0. The molecule has 2 aromatic rings. The van der Waals surface area contributed by atoms with Gasteiger partial charge >= 0.3 is 5.97 Å². The molecule has 0 aliphatic heterocycles. The average molecular weight is 411 g/mol. The summed E-state index contributed by atoms with van der Waals surface area (Å²) in [5.41, 5.74) is 0.444. The first-order chi connectivity index (χ1) is 14.3. The van der Waals surface area contributed by atoms with Gasteiger partial charge in [-0.2, -0.15) is 0 Å². The van der Waals surface area contributed by atoms with Gasteiger partial charge in [0.05, 0.1) is 24.4 Å². The summed E-state index contributed by atoms with van der Waals surface area (Å²) in [4.78, 5) is 36.1. The number of aliphatic hydroxyl groups excluding tert-OH is 1. The fourth-order valence-electron chi connectivity index (χ4n) is 2.92. The molecule has 7 nitrogen and oxygen atoms in total. The predicted octanol–water partition coefficient (Wildman–Crippen LogP) is 3.65. The number of rotatable bonds is 11. The molecule has 3 N–H and O–H groups in total. The fourth-order valence-corrected chi connectivity index (χ4v) is 2.92. The molecule has 1 amide bonds. The molecule has 0 aliphatic carbocycles. The van der Waals surface area contributed by atoms with Crippen LogP contribution in [0, 0.1) is 11.8 Å². The van der Waals surface area contributed by atoms with E-state index in [4.69, 9.17) is 9.84 Å². The van der Waals surface area contributed by atoms with Gasteiger partial charge < -0.3 is 20.3 Å². The second kappa shape index (κ2) is 10.9. The number of carboxylic acids is 1. The molecule has 2 aromatic carbocycles. The summed E-state index contributed by atoms with van der Waals surface area (Å²) in [5.74, 6) is -2.91. The van der Waals surface area contributed by atoms with E-state index in [2.05, 4.69) is 11.9 Å². The third kappa shape index (κ3) is 6.86. The minimum Gasteiger partial charge on any atom is -0.481 e. The Labute approximate surface area is 175 Å². The van der Waals surface area contributed by atoms with Crippen LogP contribution in [0.25, 0.3) is 0 Å². The van der Waals surface area contributed by atoms with Gasteiger partial charge in [-0.05, 0) is 43.3 Å². The maximum atomic E-state index is 12.6. The fraction of sp³-hybridized carbons (Fsp3) is 0.261. The second-order valence-electron chi connectivity index (χ2n) is 6.90. The highest BCUT2D eigenvalue weighted by molar-refractivity contribution is 5.97. The number of carbonyl (C=O) groups is 3. The number of Topliss-reactive ketones (excluding diaryl/α,β-unsaturated/α-hetero) is 1. The van der Waals surface area contributed by atoms with E-state index in [1.807, 2.05) is 30.3 Å². The van der Waals surface area contributed by atoms with Crippen LogP contribution in [0.1, 0.15) is 19.8 Å². The number of nitrogens with one attached hydrogen (secondary N) is 1. The van der Waals surface area contributed by atoms with Crippen molar-refractivity contribution < 1.29 is 29.3 Å². The van der Waals surface area contributed by atoms with Crippen molar-refractivity contribution in [2.45, 2.75) is 25.9 Å². The van der Waals surface area contributed by atoms with Crippen molar-refractivity contribution in [1.29, 1.82) is 0 Å². The summed E-state index contributed by atoms with van der Waals surface area (Å²) in [6.07, 6.45) is -0.486. The first kappa shape index (κ1) is 22.8. The number of amides is 1. The van der Waals surface area contributed by atoms with E-state index in [9.17, 15) is 19.5 Å². The number of ketones is 1. The largest absolute Gasteiger partial charge is 0.481 e. The van der Waals surface area contributed by atoms with Crippen LogP contribution >= 0.6 is 0 Å². The van der Waals surface area contributed by atoms with Crippen molar-refractivity contribution in [2.75, 3.05) is 5.32 Å². The molecule has 0 radical (unpaired) electrons. The van der Waals surface area contributed by atoms with E-state index in [1.165, 1.54) is 13.0 Å². The Balaban J connectivity index is 2.04. The summed E-state index contributed by atoms with van der Waals surface area (Å²) >= 11 is 0. The van der Waals surface area contributed by atoms with Gasteiger partial charge in [0, 0.05) is 12.1 Å². The summed E-state index contributed by atoms with van der Waals surface area (Å²) in [6, 6.07) is 15.8. The number of carbonyl (C=O) groups excluding carboxylic acids is 2. The number of ether oxygens (including phenoxy) is 1. The van der Waals surface area contributed by atoms with Crippen LogP contribution < -0.4 is 10.1 Å². The quantitative estimate of drug-likeness (QED) is 0.487. The summed E-state index contributed by atoms with van der Waals surface area (Å²) in [5, 5.41) is 21.4. The number of anilines is 1. The highest BCUT2D eigenvalue weighted by Gasteiger charge is 2.29. The van der Waals surface area contributed by atoms with Crippen LogP contribution in [0.5, 0.6) is 11.5 Å². The molecular weight excluding hydrogens is 386 g/mol. The van der Waals surface area contributed by atoms with Gasteiger partial charge in [0.15, 0.2) is 0 Å². The molecule has 0 aliphatic rings. The van der Waals surface area contributed by atoms with E-state index in [1.54, 1.807) is 24.3 Å². The Kier molecular flexibility index (Phi) is 8.31. The third-order valence-electron chi connectivity index (χ3n) is 4.49. The monoisotopic (exact) mass is 411 g/mol. The number of hydrogen-bond donors (Lipinski definition) is 3. The zero-order valence-electron chi connectivity index (χ0n) is 16.7. The van der Waals surface area contributed by atoms with E-state index >= 15 is 0 Å². The molecule has 0 aromatic heterocycles. The van der Waals surface area contributed by atoms with Crippen molar-refractivity contribution >= 4 is 23.3 Å². The van der Waals surface area contributed by atoms with Crippen LogP contribution in [-0.4, -0.2) is 34.0 Å². The molecule has 0 bridgehead atoms. The Hall–Kier alpha value is -3.45. The highest BCUT2D eigenvalue weighted by atomic mass is 16.5. The molecule has 30 heavy (non-hydrogen) atoms. The number of carboxylic acid groups (broad SMARTS) is 1. The van der Waals surface area contributed by atoms with Crippen LogP contribution in [0.15, 0.2) is 67.3 Å². The molecule has 0 spiro atoms. The topological polar surface area (TPSA) is 113 Å². The molecular formula is C23H25NO6. The number of hydrogen-bond acceptors (Lipinski definition) is 5. The molecule has 0 fully saturated rings. The maximum Gasteiger partial charge on any atom is 0.304 e. The van der Waals surface area contributed by atoms with Gasteiger partial charge in [-0.1, -0.05) is 24.3 Å². The van der Waals surface area contributed by atoms with E-state index < -0.39 is 42.0 Å². The molecule has 2 rings (SSSR count). The van der Waals surface area contributed by atoms with Gasteiger partial charge in [-0.25, -0.2) is 0 Å². The lowest BCUT2D eigenvalue weighted by atomic mass is 9.89. The van der Waals surface area contributed by atoms with Gasteiger partial charge in [-0.15, -0.1) is 6.58 Å². The van der Waals surface area contributed by atoms with Crippen LogP contribution in [-0.2, 0) is 14.4 Å². The number of aliphatic carboxylic acids is 1. The smallest absolute Gasteiger partial charge is 0.304 e. The van der Waals surface area contributed by atoms with Crippen LogP contribution in [0.3, 0.4) is 0 Å². The Bertz CT molecular complexity index is 876. The Morgan fingerprint density at radius 1 is 1.03 bits per heavy atom. The molecule has 0 saturated heterocycles. The standard InChI is InChI=1S/C23H25NO6/c1-3-20(15(2)25)21(26)13-16(14-22(27)28)23(29)24-17-9-11-19(12-10-17)30-18-7-5-4-6-8-18/h3-12,15-16,20,25H,1,13-14H2,2H3,(H,24,29)(H,27,28)/t15-,16+,20+/m1/s1. The lowest BCUT2D eigenvalue weighted by molar-refractivity contribution is -0.141. The van der Waals surface area contributed by atoms with E-state index in [0.29, 0.717) is 17.2 Å². The summed E-state index contributed by atoms with van der Waals surface area (Å²) < 4.78 is 5.68. The first-order valence-electron chi connectivity index (χ1n) is 9.49. The lowest BCUT2D eigenvalue weighted by Crippen LogP contribution is -2.31. The zero-order chi connectivity index (χ0) is 22.1. The average Bonchev–Trinajstić information content (AvgIpc) is 2.69. The van der Waals surface area contributed by atoms with E-state index in [-0.39, 0.29) is 6.42 Å². The molecule has 3 atom stereocenters. The van der Waals surface area contributed by atoms with Crippen LogP contribution in [0.2, 0.25) is 0 Å². The molecule has 7 heteroatoms. The number of para-hydroxylation sites is 1. The van der Waals surface area contributed by atoms with Crippen molar-refractivity contribution in [3.63, 3.8) is 0 Å². The van der Waals surface area contributed by atoms with Gasteiger partial charge in [0.2, 0.25) is 5.91 Å². The van der Waals surface area contributed by atoms with Crippen molar-refractivity contribution in [3.05, 3.63) is 67.3 Å².